The van der Waals surface area contributed by atoms with Gasteiger partial charge in [0.05, 0.1) is 4.47 Å². The normalized spacial score (nSPS) is 10.5. The van der Waals surface area contributed by atoms with E-state index in [9.17, 15) is 9.18 Å². The molecule has 2 aromatic rings. The van der Waals surface area contributed by atoms with E-state index in [2.05, 4.69) is 15.9 Å². The van der Waals surface area contributed by atoms with Crippen molar-refractivity contribution in [1.29, 1.82) is 0 Å². The molecule has 0 aliphatic rings. The zero-order chi connectivity index (χ0) is 14.0. The Balaban J connectivity index is 2.25. The van der Waals surface area contributed by atoms with Crippen molar-refractivity contribution in [1.82, 2.24) is 0 Å². The van der Waals surface area contributed by atoms with Gasteiger partial charge in [-0.3, -0.25) is 4.79 Å². The summed E-state index contributed by atoms with van der Waals surface area (Å²) in [4.78, 5) is 12.1. The van der Waals surface area contributed by atoms with Crippen molar-refractivity contribution in [3.8, 4) is 0 Å². The highest BCUT2D eigenvalue weighted by Crippen LogP contribution is 2.23. The van der Waals surface area contributed by atoms with Crippen LogP contribution in [0.4, 0.5) is 4.39 Å². The molecule has 5 heteroatoms. The van der Waals surface area contributed by atoms with Crippen LogP contribution >= 0.6 is 39.1 Å². The van der Waals surface area contributed by atoms with Crippen LogP contribution in [0.3, 0.4) is 0 Å². The van der Waals surface area contributed by atoms with Crippen LogP contribution in [-0.2, 0) is 6.42 Å². The average Bonchev–Trinajstić information content (AvgIpc) is 2.37. The van der Waals surface area contributed by atoms with E-state index < -0.39 is 5.82 Å². The largest absolute Gasteiger partial charge is 0.294 e. The average molecular weight is 362 g/mol. The lowest BCUT2D eigenvalue weighted by atomic mass is 10.0. The number of carbonyl (C=O) groups excluding carboxylic acids is 1. The van der Waals surface area contributed by atoms with Crippen LogP contribution in [0.1, 0.15) is 15.9 Å². The minimum atomic E-state index is -0.405. The molecule has 0 saturated carbocycles. The van der Waals surface area contributed by atoms with Crippen LogP contribution in [-0.4, -0.2) is 5.78 Å². The summed E-state index contributed by atoms with van der Waals surface area (Å²) in [5, 5.41) is 1.01. The second-order valence-electron chi connectivity index (χ2n) is 3.96. The van der Waals surface area contributed by atoms with Crippen molar-refractivity contribution >= 4 is 44.9 Å². The van der Waals surface area contributed by atoms with Gasteiger partial charge in [0.15, 0.2) is 5.78 Å². The molecular weight excluding hydrogens is 354 g/mol. The van der Waals surface area contributed by atoms with Crippen LogP contribution in [0, 0.1) is 5.82 Å². The van der Waals surface area contributed by atoms with Gasteiger partial charge in [-0.1, -0.05) is 23.2 Å². The lowest BCUT2D eigenvalue weighted by molar-refractivity contribution is 0.0993. The monoisotopic (exact) mass is 360 g/mol. The maximum absolute atomic E-state index is 13.1. The summed E-state index contributed by atoms with van der Waals surface area (Å²) in [5.41, 5.74) is 1.07. The zero-order valence-corrected chi connectivity index (χ0v) is 12.7. The molecular formula is C14H8BrCl2FO. The second kappa shape index (κ2) is 6.04. The molecule has 0 atom stereocenters. The maximum atomic E-state index is 13.1. The van der Waals surface area contributed by atoms with Crippen molar-refractivity contribution in [3.05, 3.63) is 67.9 Å². The van der Waals surface area contributed by atoms with Crippen molar-refractivity contribution in [2.75, 3.05) is 0 Å². The number of halogens is 4. The van der Waals surface area contributed by atoms with E-state index in [1.165, 1.54) is 18.2 Å². The molecule has 0 heterocycles. The molecule has 0 radical (unpaired) electrons. The van der Waals surface area contributed by atoms with E-state index in [0.717, 1.165) is 0 Å². The van der Waals surface area contributed by atoms with Gasteiger partial charge in [0, 0.05) is 22.0 Å². The summed E-state index contributed by atoms with van der Waals surface area (Å²) in [6, 6.07) is 9.10. The number of benzene rings is 2. The van der Waals surface area contributed by atoms with E-state index in [-0.39, 0.29) is 16.7 Å². The molecule has 0 fully saturated rings. The topological polar surface area (TPSA) is 17.1 Å². The van der Waals surface area contributed by atoms with Gasteiger partial charge in [-0.25, -0.2) is 4.39 Å². The molecule has 0 saturated heterocycles. The summed E-state index contributed by atoms with van der Waals surface area (Å²) < 4.78 is 13.4. The minimum absolute atomic E-state index is 0.122. The highest BCUT2D eigenvalue weighted by Gasteiger charge is 2.12. The van der Waals surface area contributed by atoms with Gasteiger partial charge in [-0.2, -0.15) is 0 Å². The first-order valence-electron chi connectivity index (χ1n) is 5.39. The molecule has 98 valence electrons. The van der Waals surface area contributed by atoms with Gasteiger partial charge in [0.25, 0.3) is 0 Å². The van der Waals surface area contributed by atoms with E-state index in [0.29, 0.717) is 21.2 Å². The van der Waals surface area contributed by atoms with E-state index in [4.69, 9.17) is 23.2 Å². The molecule has 0 amide bonds. The molecule has 1 nitrogen and oxygen atoms in total. The van der Waals surface area contributed by atoms with Gasteiger partial charge in [-0.15, -0.1) is 0 Å². The molecule has 0 N–H and O–H groups in total. The molecule has 19 heavy (non-hydrogen) atoms. The first-order valence-corrected chi connectivity index (χ1v) is 6.94. The molecule has 0 aliphatic carbocycles. The third kappa shape index (κ3) is 3.56. The predicted octanol–water partition coefficient (Wildman–Crippen LogP) is 5.32. The van der Waals surface area contributed by atoms with Crippen molar-refractivity contribution in [2.45, 2.75) is 6.42 Å². The Morgan fingerprint density at radius 2 is 1.89 bits per heavy atom. The predicted molar refractivity (Wildman–Crippen MR) is 78.6 cm³/mol. The van der Waals surface area contributed by atoms with Crippen molar-refractivity contribution < 1.29 is 9.18 Å². The minimum Gasteiger partial charge on any atom is -0.294 e. The van der Waals surface area contributed by atoms with Gasteiger partial charge in [0.2, 0.25) is 0 Å². The molecule has 2 aromatic carbocycles. The van der Waals surface area contributed by atoms with E-state index >= 15 is 0 Å². The number of hydrogen-bond donors (Lipinski definition) is 0. The quantitative estimate of drug-likeness (QED) is 0.676. The second-order valence-corrected chi connectivity index (χ2v) is 5.66. The molecule has 0 aliphatic heterocycles. The molecule has 2 rings (SSSR count). The Kier molecular flexibility index (Phi) is 4.61. The van der Waals surface area contributed by atoms with Crippen molar-refractivity contribution in [2.24, 2.45) is 0 Å². The third-order valence-corrected chi connectivity index (χ3v) is 3.81. The first-order chi connectivity index (χ1) is 8.97. The Morgan fingerprint density at radius 3 is 2.58 bits per heavy atom. The Bertz CT molecular complexity index is 643. The SMILES string of the molecule is O=C(Cc1cc(Cl)ccc1Cl)c1ccc(F)c(Br)c1. The van der Waals surface area contributed by atoms with Gasteiger partial charge < -0.3 is 0 Å². The highest BCUT2D eigenvalue weighted by atomic mass is 79.9. The summed E-state index contributed by atoms with van der Waals surface area (Å²) in [6.07, 6.45) is 0.122. The standard InChI is InChI=1S/C14H8BrCl2FO/c15-11-6-8(1-4-13(11)18)14(19)7-9-5-10(16)2-3-12(9)17/h1-6H,7H2. The van der Waals surface area contributed by atoms with E-state index in [1.807, 2.05) is 0 Å². The van der Waals surface area contributed by atoms with Gasteiger partial charge in [0.1, 0.15) is 5.82 Å². The number of rotatable bonds is 3. The fourth-order valence-electron chi connectivity index (χ4n) is 1.62. The summed E-state index contributed by atoms with van der Waals surface area (Å²) in [6.45, 7) is 0. The van der Waals surface area contributed by atoms with Gasteiger partial charge in [-0.05, 0) is 57.9 Å². The zero-order valence-electron chi connectivity index (χ0n) is 9.59. The Hall–Kier alpha value is -0.900. The highest BCUT2D eigenvalue weighted by molar-refractivity contribution is 9.10. The van der Waals surface area contributed by atoms with Crippen LogP contribution in [0.25, 0.3) is 0 Å². The number of Topliss-reactive ketones (excluding diaryl/α,β-unsaturated/α-hetero) is 1. The number of carbonyl (C=O) groups is 1. The molecule has 0 unspecified atom stereocenters. The fourth-order valence-corrected chi connectivity index (χ4v) is 2.38. The lowest BCUT2D eigenvalue weighted by Crippen LogP contribution is -2.04. The van der Waals surface area contributed by atoms with Crippen LogP contribution in [0.15, 0.2) is 40.9 Å². The summed E-state index contributed by atoms with van der Waals surface area (Å²) in [7, 11) is 0. The van der Waals surface area contributed by atoms with Gasteiger partial charge >= 0.3 is 0 Å². The van der Waals surface area contributed by atoms with E-state index in [1.54, 1.807) is 18.2 Å². The number of ketones is 1. The first kappa shape index (κ1) is 14.5. The Morgan fingerprint density at radius 1 is 1.16 bits per heavy atom. The lowest BCUT2D eigenvalue weighted by Gasteiger charge is -2.05. The summed E-state index contributed by atoms with van der Waals surface area (Å²) >= 11 is 14.9. The third-order valence-electron chi connectivity index (χ3n) is 2.60. The molecule has 0 spiro atoms. The van der Waals surface area contributed by atoms with Crippen molar-refractivity contribution in [3.63, 3.8) is 0 Å². The van der Waals surface area contributed by atoms with Crippen LogP contribution < -0.4 is 0 Å². The maximum Gasteiger partial charge on any atom is 0.167 e. The molecule has 0 aromatic heterocycles. The van der Waals surface area contributed by atoms with Crippen LogP contribution in [0.5, 0.6) is 0 Å². The fraction of sp³-hybridized carbons (Fsp3) is 0.0714. The summed E-state index contributed by atoms with van der Waals surface area (Å²) in [5.74, 6) is -0.554. The molecule has 0 bridgehead atoms. The Labute approximate surface area is 128 Å². The van der Waals surface area contributed by atoms with Crippen LogP contribution in [0.2, 0.25) is 10.0 Å². The smallest absolute Gasteiger partial charge is 0.167 e. The number of hydrogen-bond acceptors (Lipinski definition) is 1.